The van der Waals surface area contributed by atoms with E-state index >= 15 is 0 Å². The Morgan fingerprint density at radius 1 is 1.19 bits per heavy atom. The molecule has 1 amide bonds. The third kappa shape index (κ3) is 2.88. The molecule has 0 bridgehead atoms. The zero-order chi connectivity index (χ0) is 20.8. The summed E-state index contributed by atoms with van der Waals surface area (Å²) in [5.41, 5.74) is 4.07. The van der Waals surface area contributed by atoms with Crippen molar-refractivity contribution in [2.45, 2.75) is 12.5 Å². The summed E-state index contributed by atoms with van der Waals surface area (Å²) < 4.78 is 7.47. The standard InChI is InChI=1S/C21H16N8O2/c30-21(20-26-25-19(31-20)13-4-3-7-22-11-13)28-9-6-15-17(24-12-23-15)18(28)16-10-14-5-1-2-8-29(14)27-16/h1-5,7-8,10-12,18H,6,9H2,(H,23,24). The lowest BCUT2D eigenvalue weighted by atomic mass is 9.99. The summed E-state index contributed by atoms with van der Waals surface area (Å²) in [5, 5.41) is 12.7. The molecule has 0 saturated heterocycles. The van der Waals surface area contributed by atoms with Crippen molar-refractivity contribution in [3.8, 4) is 11.5 Å². The molecule has 0 fully saturated rings. The van der Waals surface area contributed by atoms with E-state index in [4.69, 9.17) is 4.42 Å². The maximum Gasteiger partial charge on any atom is 0.312 e. The highest BCUT2D eigenvalue weighted by molar-refractivity contribution is 5.90. The molecule has 1 aliphatic rings. The predicted molar refractivity (Wildman–Crippen MR) is 108 cm³/mol. The van der Waals surface area contributed by atoms with Crippen LogP contribution < -0.4 is 0 Å². The molecule has 10 heteroatoms. The molecule has 1 N–H and O–H groups in total. The number of aromatic amines is 1. The van der Waals surface area contributed by atoms with Gasteiger partial charge in [0.2, 0.25) is 5.89 Å². The van der Waals surface area contributed by atoms with Crippen LogP contribution in [0, 0.1) is 0 Å². The third-order valence-corrected chi connectivity index (χ3v) is 5.37. The fraction of sp³-hybridized carbons (Fsp3) is 0.143. The molecule has 5 aromatic rings. The number of hydrogen-bond donors (Lipinski definition) is 1. The molecule has 6 heterocycles. The summed E-state index contributed by atoms with van der Waals surface area (Å²) in [7, 11) is 0. The average molecular weight is 412 g/mol. The Morgan fingerprint density at radius 2 is 2.16 bits per heavy atom. The normalized spacial score (nSPS) is 15.9. The van der Waals surface area contributed by atoms with E-state index in [0.717, 1.165) is 22.6 Å². The monoisotopic (exact) mass is 412 g/mol. The fourth-order valence-corrected chi connectivity index (χ4v) is 3.92. The Morgan fingerprint density at radius 3 is 3.03 bits per heavy atom. The van der Waals surface area contributed by atoms with Crippen molar-refractivity contribution >= 4 is 11.4 Å². The number of rotatable bonds is 3. The van der Waals surface area contributed by atoms with E-state index in [0.29, 0.717) is 18.5 Å². The van der Waals surface area contributed by atoms with Crippen LogP contribution in [-0.4, -0.2) is 52.1 Å². The van der Waals surface area contributed by atoms with Crippen LogP contribution in [0.15, 0.2) is 65.7 Å². The van der Waals surface area contributed by atoms with Crippen molar-refractivity contribution in [2.75, 3.05) is 6.54 Å². The number of nitrogens with zero attached hydrogens (tertiary/aromatic N) is 7. The second-order valence-corrected chi connectivity index (χ2v) is 7.21. The number of hydrogen-bond acceptors (Lipinski definition) is 7. The summed E-state index contributed by atoms with van der Waals surface area (Å²) in [5.74, 6) is -0.192. The maximum absolute atomic E-state index is 13.4. The van der Waals surface area contributed by atoms with E-state index in [-0.39, 0.29) is 17.7 Å². The van der Waals surface area contributed by atoms with Gasteiger partial charge in [0, 0.05) is 37.3 Å². The molecule has 1 atom stereocenters. The number of amides is 1. The van der Waals surface area contributed by atoms with Gasteiger partial charge in [0.15, 0.2) is 0 Å². The molecule has 5 aromatic heterocycles. The van der Waals surface area contributed by atoms with Gasteiger partial charge in [-0.3, -0.25) is 9.78 Å². The first kappa shape index (κ1) is 17.5. The molecule has 0 radical (unpaired) electrons. The minimum atomic E-state index is -0.462. The van der Waals surface area contributed by atoms with E-state index < -0.39 is 6.04 Å². The smallest absolute Gasteiger partial charge is 0.312 e. The second kappa shape index (κ2) is 6.87. The summed E-state index contributed by atoms with van der Waals surface area (Å²) in [6.45, 7) is 0.469. The molecule has 0 aromatic carbocycles. The van der Waals surface area contributed by atoms with E-state index in [1.807, 2.05) is 30.5 Å². The van der Waals surface area contributed by atoms with E-state index in [1.54, 1.807) is 40.3 Å². The Balaban J connectivity index is 1.40. The lowest BCUT2D eigenvalue weighted by Crippen LogP contribution is -2.41. The van der Waals surface area contributed by atoms with Crippen molar-refractivity contribution in [1.29, 1.82) is 0 Å². The van der Waals surface area contributed by atoms with Gasteiger partial charge >= 0.3 is 11.8 Å². The lowest BCUT2D eigenvalue weighted by molar-refractivity contribution is 0.0646. The molecule has 10 nitrogen and oxygen atoms in total. The van der Waals surface area contributed by atoms with Crippen LogP contribution in [0.2, 0.25) is 0 Å². The number of pyridine rings is 2. The summed E-state index contributed by atoms with van der Waals surface area (Å²) >= 11 is 0. The lowest BCUT2D eigenvalue weighted by Gasteiger charge is -2.32. The van der Waals surface area contributed by atoms with Crippen LogP contribution in [-0.2, 0) is 6.42 Å². The number of aromatic nitrogens is 7. The van der Waals surface area contributed by atoms with Crippen molar-refractivity contribution in [1.82, 2.24) is 39.7 Å². The average Bonchev–Trinajstić information content (AvgIpc) is 3.57. The van der Waals surface area contributed by atoms with E-state index in [2.05, 4.69) is 30.2 Å². The topological polar surface area (TPSA) is 118 Å². The molecule has 1 aliphatic heterocycles. The SMILES string of the molecule is O=C(c1nnc(-c2cccnc2)o1)N1CCc2[nH]cnc2C1c1cc2ccccn2n1. The molecule has 0 spiro atoms. The maximum atomic E-state index is 13.4. The highest BCUT2D eigenvalue weighted by atomic mass is 16.4. The first-order valence-electron chi connectivity index (χ1n) is 9.79. The Labute approximate surface area is 175 Å². The van der Waals surface area contributed by atoms with Crippen LogP contribution in [0.3, 0.4) is 0 Å². The molecular formula is C21H16N8O2. The summed E-state index contributed by atoms with van der Waals surface area (Å²) in [6, 6.07) is 10.9. The number of nitrogens with one attached hydrogen (secondary N) is 1. The molecule has 0 saturated carbocycles. The Kier molecular flexibility index (Phi) is 3.88. The van der Waals surface area contributed by atoms with Crippen LogP contribution in [0.25, 0.3) is 17.0 Å². The molecular weight excluding hydrogens is 396 g/mol. The van der Waals surface area contributed by atoms with Crippen molar-refractivity contribution in [3.05, 3.63) is 84.3 Å². The van der Waals surface area contributed by atoms with Crippen LogP contribution in [0.1, 0.15) is 33.8 Å². The van der Waals surface area contributed by atoms with Crippen molar-refractivity contribution < 1.29 is 9.21 Å². The number of carbonyl (C=O) groups excluding carboxylic acids is 1. The second-order valence-electron chi connectivity index (χ2n) is 7.21. The Hall–Kier alpha value is -4.34. The van der Waals surface area contributed by atoms with Gasteiger partial charge < -0.3 is 14.3 Å². The van der Waals surface area contributed by atoms with Gasteiger partial charge in [-0.05, 0) is 30.3 Å². The van der Waals surface area contributed by atoms with Crippen molar-refractivity contribution in [3.63, 3.8) is 0 Å². The van der Waals surface area contributed by atoms with Gasteiger partial charge in [-0.2, -0.15) is 5.10 Å². The minimum Gasteiger partial charge on any atom is -0.412 e. The van der Waals surface area contributed by atoms with Gasteiger partial charge in [-0.25, -0.2) is 9.50 Å². The quantitative estimate of drug-likeness (QED) is 0.483. The molecule has 0 aliphatic carbocycles. The van der Waals surface area contributed by atoms with E-state index in [9.17, 15) is 4.79 Å². The predicted octanol–water partition coefficient (Wildman–Crippen LogP) is 2.29. The highest BCUT2D eigenvalue weighted by Gasteiger charge is 2.38. The molecule has 152 valence electrons. The zero-order valence-corrected chi connectivity index (χ0v) is 16.2. The van der Waals surface area contributed by atoms with Crippen LogP contribution >= 0.6 is 0 Å². The fourth-order valence-electron chi connectivity index (χ4n) is 3.92. The largest absolute Gasteiger partial charge is 0.412 e. The van der Waals surface area contributed by atoms with Gasteiger partial charge in [-0.15, -0.1) is 10.2 Å². The van der Waals surface area contributed by atoms with Gasteiger partial charge in [0.05, 0.1) is 28.8 Å². The minimum absolute atomic E-state index is 0.0772. The first-order valence-corrected chi connectivity index (χ1v) is 9.79. The van der Waals surface area contributed by atoms with Crippen LogP contribution in [0.5, 0.6) is 0 Å². The highest BCUT2D eigenvalue weighted by Crippen LogP contribution is 2.34. The van der Waals surface area contributed by atoms with E-state index in [1.165, 1.54) is 0 Å². The zero-order valence-electron chi connectivity index (χ0n) is 16.2. The Bertz CT molecular complexity index is 1350. The molecule has 31 heavy (non-hydrogen) atoms. The van der Waals surface area contributed by atoms with Crippen LogP contribution in [0.4, 0.5) is 0 Å². The number of fused-ring (bicyclic) bond motifs is 2. The third-order valence-electron chi connectivity index (χ3n) is 5.37. The molecule has 6 rings (SSSR count). The number of H-pyrrole nitrogens is 1. The number of imidazole rings is 1. The summed E-state index contributed by atoms with van der Waals surface area (Å²) in [4.78, 5) is 26.8. The molecule has 1 unspecified atom stereocenters. The summed E-state index contributed by atoms with van der Waals surface area (Å²) in [6.07, 6.45) is 7.43. The first-order chi connectivity index (χ1) is 15.3. The van der Waals surface area contributed by atoms with Gasteiger partial charge in [-0.1, -0.05) is 6.07 Å². The van der Waals surface area contributed by atoms with Gasteiger partial charge in [0.25, 0.3) is 0 Å². The van der Waals surface area contributed by atoms with Crippen molar-refractivity contribution in [2.24, 2.45) is 0 Å². The van der Waals surface area contributed by atoms with Gasteiger partial charge in [0.1, 0.15) is 6.04 Å². The number of carbonyl (C=O) groups is 1.